The minimum absolute atomic E-state index is 0.0886. The van der Waals surface area contributed by atoms with Gasteiger partial charge < -0.3 is 4.57 Å². The number of hydrogen-bond acceptors (Lipinski definition) is 3. The number of amides is 4. The van der Waals surface area contributed by atoms with Crippen molar-refractivity contribution >= 4 is 45.5 Å². The normalized spacial score (nSPS) is 15.5. The van der Waals surface area contributed by atoms with Gasteiger partial charge in [-0.2, -0.15) is 0 Å². The number of aromatic nitrogens is 1. The second-order valence-electron chi connectivity index (χ2n) is 7.84. The van der Waals surface area contributed by atoms with Crippen LogP contribution in [0.4, 0.5) is 10.5 Å². The molecule has 1 aromatic heterocycles. The monoisotopic (exact) mass is 491 g/mol. The molecule has 162 valence electrons. The van der Waals surface area contributed by atoms with Crippen molar-refractivity contribution in [1.29, 1.82) is 0 Å². The van der Waals surface area contributed by atoms with Crippen LogP contribution in [-0.4, -0.2) is 22.4 Å². The molecule has 0 spiro atoms. The molecule has 1 aliphatic heterocycles. The molecule has 0 radical (unpaired) electrons. The number of barbiturate groups is 1. The van der Waals surface area contributed by atoms with Crippen LogP contribution in [0.1, 0.15) is 28.1 Å². The molecule has 1 saturated heterocycles. The van der Waals surface area contributed by atoms with Gasteiger partial charge in [0.2, 0.25) is 0 Å². The number of para-hydroxylation sites is 1. The molecule has 32 heavy (non-hydrogen) atoms. The average Bonchev–Trinajstić information content (AvgIpc) is 3.00. The molecular formula is C25H22BrN3O3. The lowest BCUT2D eigenvalue weighted by molar-refractivity contribution is -0.122. The van der Waals surface area contributed by atoms with Gasteiger partial charge in [0.15, 0.2) is 0 Å². The third-order valence-electron chi connectivity index (χ3n) is 5.62. The summed E-state index contributed by atoms with van der Waals surface area (Å²) in [5.41, 5.74) is 6.27. The zero-order valence-corrected chi connectivity index (χ0v) is 19.8. The van der Waals surface area contributed by atoms with E-state index in [9.17, 15) is 14.4 Å². The van der Waals surface area contributed by atoms with E-state index in [0.717, 1.165) is 43.1 Å². The summed E-state index contributed by atoms with van der Waals surface area (Å²) in [6.45, 7) is 8.05. The minimum atomic E-state index is -0.763. The van der Waals surface area contributed by atoms with E-state index in [1.54, 1.807) is 30.3 Å². The molecule has 4 rings (SSSR count). The lowest BCUT2D eigenvalue weighted by Gasteiger charge is -2.26. The first-order valence-corrected chi connectivity index (χ1v) is 10.9. The summed E-state index contributed by atoms with van der Waals surface area (Å²) in [6.07, 6.45) is 1.56. The topological polar surface area (TPSA) is 71.4 Å². The van der Waals surface area contributed by atoms with Gasteiger partial charge in [0.25, 0.3) is 11.8 Å². The number of hydrogen-bond donors (Lipinski definition) is 1. The van der Waals surface area contributed by atoms with Crippen LogP contribution < -0.4 is 10.2 Å². The number of imide groups is 2. The van der Waals surface area contributed by atoms with Crippen molar-refractivity contribution in [3.8, 4) is 5.69 Å². The number of halogens is 1. The molecule has 3 aromatic rings. The highest BCUT2D eigenvalue weighted by molar-refractivity contribution is 9.10. The molecule has 1 fully saturated rings. The van der Waals surface area contributed by atoms with Crippen LogP contribution in [0.25, 0.3) is 11.8 Å². The number of rotatable bonds is 3. The Bertz CT molecular complexity index is 1280. The number of carbonyl (C=O) groups excluding carboxylic acids is 3. The largest absolute Gasteiger partial charge is 0.335 e. The van der Waals surface area contributed by atoms with Gasteiger partial charge in [-0.05, 0) is 80.8 Å². The second-order valence-corrected chi connectivity index (χ2v) is 8.75. The Morgan fingerprint density at radius 3 is 2.16 bits per heavy atom. The molecule has 1 N–H and O–H groups in total. The van der Waals surface area contributed by atoms with E-state index in [1.165, 1.54) is 0 Å². The number of aryl methyl sites for hydroxylation is 3. The molecule has 0 bridgehead atoms. The Hall–Kier alpha value is -3.45. The summed E-state index contributed by atoms with van der Waals surface area (Å²) in [5.74, 6) is -1.36. The summed E-state index contributed by atoms with van der Waals surface area (Å²) < 4.78 is 2.94. The first-order valence-electron chi connectivity index (χ1n) is 10.1. The maximum absolute atomic E-state index is 13.2. The fraction of sp³-hybridized carbons (Fsp3) is 0.160. The van der Waals surface area contributed by atoms with Crippen LogP contribution in [0, 0.1) is 27.7 Å². The lowest BCUT2D eigenvalue weighted by atomic mass is 10.1. The Morgan fingerprint density at radius 1 is 0.906 bits per heavy atom. The first kappa shape index (κ1) is 21.8. The number of urea groups is 1. The molecule has 0 saturated carbocycles. The van der Waals surface area contributed by atoms with E-state index in [2.05, 4.69) is 51.8 Å². The van der Waals surface area contributed by atoms with E-state index < -0.39 is 17.8 Å². The molecule has 0 unspecified atom stereocenters. The predicted molar refractivity (Wildman–Crippen MR) is 128 cm³/mol. The van der Waals surface area contributed by atoms with Crippen molar-refractivity contribution in [2.45, 2.75) is 27.7 Å². The van der Waals surface area contributed by atoms with Crippen molar-refractivity contribution in [2.24, 2.45) is 0 Å². The number of benzene rings is 2. The van der Waals surface area contributed by atoms with Gasteiger partial charge in [-0.3, -0.25) is 14.9 Å². The minimum Gasteiger partial charge on any atom is -0.317 e. The number of nitrogens with one attached hydrogen (secondary N) is 1. The molecule has 7 heteroatoms. The molecule has 2 aromatic carbocycles. The molecule has 1 aliphatic rings. The highest BCUT2D eigenvalue weighted by atomic mass is 79.9. The third-order valence-corrected chi connectivity index (χ3v) is 6.15. The maximum atomic E-state index is 13.2. The first-order chi connectivity index (χ1) is 15.2. The molecule has 6 nitrogen and oxygen atoms in total. The van der Waals surface area contributed by atoms with Crippen LogP contribution in [0.3, 0.4) is 0 Å². The predicted octanol–water partition coefficient (Wildman–Crippen LogP) is 5.14. The summed E-state index contributed by atoms with van der Waals surface area (Å²) >= 11 is 3.34. The van der Waals surface area contributed by atoms with Gasteiger partial charge in [-0.15, -0.1) is 0 Å². The van der Waals surface area contributed by atoms with Gasteiger partial charge in [-0.25, -0.2) is 9.69 Å². The highest BCUT2D eigenvalue weighted by Gasteiger charge is 2.37. The smallest absolute Gasteiger partial charge is 0.317 e. The summed E-state index contributed by atoms with van der Waals surface area (Å²) in [5, 5.41) is 2.27. The summed E-state index contributed by atoms with van der Waals surface area (Å²) in [7, 11) is 0. The Balaban J connectivity index is 1.79. The van der Waals surface area contributed by atoms with Crippen molar-refractivity contribution in [3.63, 3.8) is 0 Å². The van der Waals surface area contributed by atoms with E-state index >= 15 is 0 Å². The maximum Gasteiger partial charge on any atom is 0.335 e. The third kappa shape index (κ3) is 3.69. The van der Waals surface area contributed by atoms with E-state index in [0.29, 0.717) is 5.69 Å². The van der Waals surface area contributed by atoms with Crippen molar-refractivity contribution in [3.05, 3.63) is 86.7 Å². The molecule has 2 heterocycles. The second kappa shape index (κ2) is 8.24. The van der Waals surface area contributed by atoms with Crippen LogP contribution in [0.5, 0.6) is 0 Å². The lowest BCUT2D eigenvalue weighted by Crippen LogP contribution is -2.54. The molecule has 0 aliphatic carbocycles. The summed E-state index contributed by atoms with van der Waals surface area (Å²) in [6, 6.07) is 14.0. The average molecular weight is 492 g/mol. The van der Waals surface area contributed by atoms with Gasteiger partial charge in [-0.1, -0.05) is 34.1 Å². The van der Waals surface area contributed by atoms with Crippen LogP contribution in [0.2, 0.25) is 0 Å². The quantitative estimate of drug-likeness (QED) is 0.407. The van der Waals surface area contributed by atoms with Gasteiger partial charge in [0, 0.05) is 15.9 Å². The van der Waals surface area contributed by atoms with E-state index in [4.69, 9.17) is 0 Å². The molecule has 4 amide bonds. The van der Waals surface area contributed by atoms with Gasteiger partial charge >= 0.3 is 6.03 Å². The Labute approximate surface area is 194 Å². The SMILES string of the molecule is Cc1cccc(C)c1-n1c(C)cc(/C=C2\C(=O)NC(=O)N(c3ccc(Br)cc3)C2=O)c1C. The number of nitrogens with zero attached hydrogens (tertiary/aromatic N) is 2. The zero-order chi connectivity index (χ0) is 23.2. The summed E-state index contributed by atoms with van der Waals surface area (Å²) in [4.78, 5) is 39.1. The van der Waals surface area contributed by atoms with E-state index in [-0.39, 0.29) is 5.57 Å². The Kier molecular flexibility index (Phi) is 5.60. The van der Waals surface area contributed by atoms with Crippen molar-refractivity contribution in [2.75, 3.05) is 4.90 Å². The molecular weight excluding hydrogens is 470 g/mol. The van der Waals surface area contributed by atoms with Crippen LogP contribution in [0.15, 0.2) is 58.6 Å². The molecule has 0 atom stereocenters. The van der Waals surface area contributed by atoms with Crippen LogP contribution >= 0.6 is 15.9 Å². The highest BCUT2D eigenvalue weighted by Crippen LogP contribution is 2.29. The fourth-order valence-electron chi connectivity index (χ4n) is 4.07. The van der Waals surface area contributed by atoms with E-state index in [1.807, 2.05) is 26.0 Å². The Morgan fingerprint density at radius 2 is 1.53 bits per heavy atom. The fourth-order valence-corrected chi connectivity index (χ4v) is 4.34. The van der Waals surface area contributed by atoms with Crippen molar-refractivity contribution in [1.82, 2.24) is 9.88 Å². The number of anilines is 1. The zero-order valence-electron chi connectivity index (χ0n) is 18.2. The van der Waals surface area contributed by atoms with Crippen LogP contribution in [-0.2, 0) is 9.59 Å². The van der Waals surface area contributed by atoms with Crippen molar-refractivity contribution < 1.29 is 14.4 Å². The standard InChI is InChI=1S/C25H22BrN3O3/c1-14-6-5-7-15(2)22(14)28-16(3)12-18(17(28)4)13-21-23(30)27-25(32)29(24(21)31)20-10-8-19(26)9-11-20/h5-13H,1-4H3,(H,27,30,32)/b21-13+. The van der Waals surface area contributed by atoms with Gasteiger partial charge in [0.05, 0.1) is 11.4 Å². The van der Waals surface area contributed by atoms with Gasteiger partial charge in [0.1, 0.15) is 5.57 Å². The number of carbonyl (C=O) groups is 3.